The molecule has 1 saturated heterocycles. The van der Waals surface area contributed by atoms with Crippen molar-refractivity contribution in [2.45, 2.75) is 25.8 Å². The third-order valence-electron chi connectivity index (χ3n) is 4.12. The Bertz CT molecular complexity index is 657. The Balaban J connectivity index is 1.65. The number of halogens is 1. The number of likely N-dealkylation sites (N-methyl/N-ethyl adjacent to an activating group) is 1. The Morgan fingerprint density at radius 2 is 2.26 bits per heavy atom. The van der Waals surface area contributed by atoms with E-state index in [1.807, 2.05) is 13.2 Å². The van der Waals surface area contributed by atoms with E-state index in [0.717, 1.165) is 18.8 Å². The zero-order valence-electron chi connectivity index (χ0n) is 13.5. The first-order valence-corrected chi connectivity index (χ1v) is 8.29. The highest BCUT2D eigenvalue weighted by Gasteiger charge is 2.22. The molecule has 0 spiro atoms. The Hall–Kier alpha value is -1.86. The molecule has 1 aliphatic rings. The summed E-state index contributed by atoms with van der Waals surface area (Å²) >= 11 is 6.21. The fourth-order valence-electron chi connectivity index (χ4n) is 2.92. The average Bonchev–Trinajstić information content (AvgIpc) is 3.16. The van der Waals surface area contributed by atoms with Crippen LogP contribution in [0.25, 0.3) is 0 Å². The lowest BCUT2D eigenvalue weighted by Crippen LogP contribution is -2.34. The summed E-state index contributed by atoms with van der Waals surface area (Å²) in [7, 11) is 1.86. The molecule has 0 saturated carbocycles. The van der Waals surface area contributed by atoms with Crippen molar-refractivity contribution < 1.29 is 0 Å². The van der Waals surface area contributed by atoms with Gasteiger partial charge in [-0.25, -0.2) is 4.98 Å². The Morgan fingerprint density at radius 1 is 1.39 bits per heavy atom. The van der Waals surface area contributed by atoms with Crippen molar-refractivity contribution in [2.75, 3.05) is 30.3 Å². The van der Waals surface area contributed by atoms with Gasteiger partial charge in [0.1, 0.15) is 5.02 Å². The maximum absolute atomic E-state index is 6.21. The van der Waals surface area contributed by atoms with Crippen LogP contribution in [0.3, 0.4) is 0 Å². The third-order valence-corrected chi connectivity index (χ3v) is 4.39. The molecule has 0 amide bonds. The molecule has 0 aromatic carbocycles. The lowest BCUT2D eigenvalue weighted by Gasteiger charge is -2.23. The fourth-order valence-corrected chi connectivity index (χ4v) is 3.08. The quantitative estimate of drug-likeness (QED) is 0.845. The molecule has 23 heavy (non-hydrogen) atoms. The summed E-state index contributed by atoms with van der Waals surface area (Å²) in [5.74, 6) is 1.17. The van der Waals surface area contributed by atoms with Gasteiger partial charge in [-0.15, -0.1) is 0 Å². The minimum Gasteiger partial charge on any atom is -0.367 e. The molecule has 8 heteroatoms. The summed E-state index contributed by atoms with van der Waals surface area (Å²) < 4.78 is 1.72. The minimum absolute atomic E-state index is 0.503. The predicted molar refractivity (Wildman–Crippen MR) is 92.3 cm³/mol. The molecule has 7 nitrogen and oxygen atoms in total. The topological polar surface area (TPSA) is 70.9 Å². The van der Waals surface area contributed by atoms with Gasteiger partial charge in [0.25, 0.3) is 0 Å². The zero-order chi connectivity index (χ0) is 16.2. The number of nitrogens with zero attached hydrogens (tertiary/aromatic N) is 5. The highest BCUT2D eigenvalue weighted by molar-refractivity contribution is 6.32. The monoisotopic (exact) mass is 335 g/mol. The summed E-state index contributed by atoms with van der Waals surface area (Å²) in [5, 5.41) is 11.1. The van der Waals surface area contributed by atoms with Crippen LogP contribution >= 0.6 is 11.6 Å². The van der Waals surface area contributed by atoms with Crippen LogP contribution < -0.4 is 10.6 Å². The minimum atomic E-state index is 0.503. The van der Waals surface area contributed by atoms with Crippen LogP contribution in [0.4, 0.5) is 17.5 Å². The van der Waals surface area contributed by atoms with E-state index in [-0.39, 0.29) is 0 Å². The molecule has 0 radical (unpaired) electrons. The van der Waals surface area contributed by atoms with Crippen LogP contribution in [0.2, 0.25) is 5.02 Å². The van der Waals surface area contributed by atoms with Gasteiger partial charge < -0.3 is 10.6 Å². The molecule has 2 aromatic rings. The first-order valence-electron chi connectivity index (χ1n) is 7.92. The largest absolute Gasteiger partial charge is 0.367 e. The van der Waals surface area contributed by atoms with E-state index in [1.165, 1.54) is 19.4 Å². The molecular weight excluding hydrogens is 314 g/mol. The van der Waals surface area contributed by atoms with E-state index in [9.17, 15) is 0 Å². The molecule has 1 fully saturated rings. The first-order chi connectivity index (χ1) is 11.2. The molecule has 0 bridgehead atoms. The number of likely N-dealkylation sites (tertiary alicyclic amines) is 1. The summed E-state index contributed by atoms with van der Waals surface area (Å²) in [6.45, 7) is 5.30. The van der Waals surface area contributed by atoms with Crippen LogP contribution in [-0.2, 0) is 7.05 Å². The van der Waals surface area contributed by atoms with Crippen LogP contribution in [0.1, 0.15) is 19.8 Å². The van der Waals surface area contributed by atoms with E-state index >= 15 is 0 Å². The van der Waals surface area contributed by atoms with Crippen LogP contribution in [0.5, 0.6) is 0 Å². The van der Waals surface area contributed by atoms with Crippen molar-refractivity contribution in [1.29, 1.82) is 0 Å². The van der Waals surface area contributed by atoms with Gasteiger partial charge in [-0.05, 0) is 25.9 Å². The van der Waals surface area contributed by atoms with Crippen LogP contribution in [0.15, 0.2) is 18.6 Å². The van der Waals surface area contributed by atoms with Crippen molar-refractivity contribution in [3.63, 3.8) is 0 Å². The van der Waals surface area contributed by atoms with E-state index in [4.69, 9.17) is 11.6 Å². The van der Waals surface area contributed by atoms with Crippen LogP contribution in [-0.4, -0.2) is 50.3 Å². The maximum atomic E-state index is 6.21. The summed E-state index contributed by atoms with van der Waals surface area (Å²) in [5.41, 5.74) is 0.841. The maximum Gasteiger partial charge on any atom is 0.229 e. The van der Waals surface area contributed by atoms with Crippen molar-refractivity contribution >= 4 is 29.1 Å². The molecule has 1 unspecified atom stereocenters. The number of rotatable bonds is 6. The molecular formula is C15H22ClN7. The smallest absolute Gasteiger partial charge is 0.229 e. The average molecular weight is 336 g/mol. The molecule has 3 heterocycles. The van der Waals surface area contributed by atoms with Crippen molar-refractivity contribution in [3.05, 3.63) is 23.6 Å². The highest BCUT2D eigenvalue weighted by atomic mass is 35.5. The number of anilines is 3. The van der Waals surface area contributed by atoms with Gasteiger partial charge in [-0.2, -0.15) is 10.1 Å². The first kappa shape index (κ1) is 16.0. The predicted octanol–water partition coefficient (Wildman–Crippen LogP) is 2.50. The number of hydrogen-bond donors (Lipinski definition) is 2. The number of nitrogens with one attached hydrogen (secondary N) is 2. The van der Waals surface area contributed by atoms with Gasteiger partial charge in [-0.1, -0.05) is 18.5 Å². The normalized spacial score (nSPS) is 18.3. The van der Waals surface area contributed by atoms with Gasteiger partial charge >= 0.3 is 0 Å². The second-order valence-corrected chi connectivity index (χ2v) is 6.13. The van der Waals surface area contributed by atoms with E-state index in [1.54, 1.807) is 17.1 Å². The Labute approximate surface area is 141 Å². The molecule has 2 N–H and O–H groups in total. The molecule has 1 atom stereocenters. The number of aromatic nitrogens is 4. The standard InChI is InChI=1S/C15H22ClN7/c1-3-23-6-4-5-12(23)8-17-14-13(16)9-18-15(21-14)20-11-7-19-22(2)10-11/h7,9-10,12H,3-6,8H2,1-2H3,(H2,17,18,20,21). The van der Waals surface area contributed by atoms with E-state index < -0.39 is 0 Å². The molecule has 124 valence electrons. The van der Waals surface area contributed by atoms with E-state index in [0.29, 0.717) is 22.8 Å². The SMILES string of the molecule is CCN1CCCC1CNc1nc(Nc2cnn(C)c2)ncc1Cl. The fraction of sp³-hybridized carbons (Fsp3) is 0.533. The second-order valence-electron chi connectivity index (χ2n) is 5.72. The zero-order valence-corrected chi connectivity index (χ0v) is 14.2. The molecule has 0 aliphatic carbocycles. The Morgan fingerprint density at radius 3 is 3.00 bits per heavy atom. The van der Waals surface area contributed by atoms with Gasteiger partial charge in [0.2, 0.25) is 5.95 Å². The third kappa shape index (κ3) is 3.92. The van der Waals surface area contributed by atoms with Gasteiger partial charge in [0.15, 0.2) is 5.82 Å². The summed E-state index contributed by atoms with van der Waals surface area (Å²) in [6, 6.07) is 0.542. The van der Waals surface area contributed by atoms with Crippen LogP contribution in [0, 0.1) is 0 Å². The van der Waals surface area contributed by atoms with Crippen molar-refractivity contribution in [3.8, 4) is 0 Å². The van der Waals surface area contributed by atoms with Crippen molar-refractivity contribution in [2.24, 2.45) is 7.05 Å². The number of hydrogen-bond acceptors (Lipinski definition) is 6. The van der Waals surface area contributed by atoms with Gasteiger partial charge in [0.05, 0.1) is 18.1 Å². The van der Waals surface area contributed by atoms with Gasteiger partial charge in [0, 0.05) is 25.8 Å². The number of aryl methyl sites for hydroxylation is 1. The van der Waals surface area contributed by atoms with Gasteiger partial charge in [-0.3, -0.25) is 9.58 Å². The van der Waals surface area contributed by atoms with Crippen molar-refractivity contribution in [1.82, 2.24) is 24.6 Å². The Kier molecular flexibility index (Phi) is 4.97. The summed E-state index contributed by atoms with van der Waals surface area (Å²) in [4.78, 5) is 11.2. The molecule has 3 rings (SSSR count). The molecule has 1 aliphatic heterocycles. The lowest BCUT2D eigenvalue weighted by atomic mass is 10.2. The highest BCUT2D eigenvalue weighted by Crippen LogP contribution is 2.23. The summed E-state index contributed by atoms with van der Waals surface area (Å²) in [6.07, 6.45) is 7.67. The second kappa shape index (κ2) is 7.14. The van der Waals surface area contributed by atoms with E-state index in [2.05, 4.69) is 37.5 Å². The lowest BCUT2D eigenvalue weighted by molar-refractivity contribution is 0.277. The molecule has 2 aromatic heterocycles.